The standard InChI is InChI=1S/C7H5N3OS2/c11-6-5(10-7(12)13-6)1-4-2-8-3-9-4/h1-3,11H,(H,10,12)/b4-1-. The van der Waals surface area contributed by atoms with Gasteiger partial charge in [0.15, 0.2) is 9.02 Å². The van der Waals surface area contributed by atoms with Crippen molar-refractivity contribution in [1.82, 2.24) is 4.98 Å². The third kappa shape index (κ3) is 1.73. The molecule has 1 aromatic rings. The first-order valence-corrected chi connectivity index (χ1v) is 4.67. The topological polar surface area (TPSA) is 60.7 Å². The Morgan fingerprint density at radius 2 is 2.46 bits per heavy atom. The van der Waals surface area contributed by atoms with Crippen LogP contribution in [0.15, 0.2) is 15.7 Å². The van der Waals surface area contributed by atoms with E-state index in [1.54, 1.807) is 12.3 Å². The van der Waals surface area contributed by atoms with Crippen molar-refractivity contribution in [3.05, 3.63) is 15.3 Å². The molecule has 1 aliphatic rings. The van der Waals surface area contributed by atoms with Crippen molar-refractivity contribution in [2.24, 2.45) is 9.98 Å². The van der Waals surface area contributed by atoms with Crippen molar-refractivity contribution in [3.63, 3.8) is 0 Å². The molecule has 0 saturated carbocycles. The number of H-pyrrole nitrogens is 1. The van der Waals surface area contributed by atoms with E-state index in [1.165, 1.54) is 6.34 Å². The van der Waals surface area contributed by atoms with Gasteiger partial charge in [-0.25, -0.2) is 9.98 Å². The number of thiazole rings is 1. The predicted molar refractivity (Wildman–Crippen MR) is 56.1 cm³/mol. The number of aromatic amines is 1. The van der Waals surface area contributed by atoms with Gasteiger partial charge in [-0.15, -0.1) is 0 Å². The molecule has 0 fully saturated rings. The van der Waals surface area contributed by atoms with Crippen LogP contribution in [-0.2, 0) is 0 Å². The van der Waals surface area contributed by atoms with Crippen LogP contribution in [0.2, 0.25) is 0 Å². The zero-order valence-electron chi connectivity index (χ0n) is 6.39. The van der Waals surface area contributed by atoms with E-state index in [-0.39, 0.29) is 5.06 Å². The average molecular weight is 211 g/mol. The lowest BCUT2D eigenvalue weighted by Gasteiger charge is -1.88. The molecule has 4 nitrogen and oxygen atoms in total. The van der Waals surface area contributed by atoms with Crippen LogP contribution in [0, 0.1) is 3.95 Å². The van der Waals surface area contributed by atoms with Crippen LogP contribution >= 0.6 is 23.6 Å². The molecule has 0 aromatic carbocycles. The highest BCUT2D eigenvalue weighted by molar-refractivity contribution is 7.73. The predicted octanol–water partition coefficient (Wildman–Crippen LogP) is 1.96. The molecule has 0 radical (unpaired) electrons. The molecule has 66 valence electrons. The zero-order valence-corrected chi connectivity index (χ0v) is 8.02. The Balaban J connectivity index is 2.42. The summed E-state index contributed by atoms with van der Waals surface area (Å²) in [5, 5.41) is 9.55. The summed E-state index contributed by atoms with van der Waals surface area (Å²) in [4.78, 5) is 10.6. The maximum absolute atomic E-state index is 9.37. The molecule has 13 heavy (non-hydrogen) atoms. The molecule has 2 heterocycles. The van der Waals surface area contributed by atoms with E-state index >= 15 is 0 Å². The minimum atomic E-state index is 0.174. The van der Waals surface area contributed by atoms with E-state index in [1.807, 2.05) is 0 Å². The maximum atomic E-state index is 9.37. The highest BCUT2D eigenvalue weighted by Crippen LogP contribution is 2.25. The van der Waals surface area contributed by atoms with Gasteiger partial charge < -0.3 is 10.1 Å². The van der Waals surface area contributed by atoms with Crippen LogP contribution in [-0.4, -0.2) is 22.6 Å². The smallest absolute Gasteiger partial charge is 0.198 e. The second kappa shape index (κ2) is 3.23. The molecule has 0 aliphatic carbocycles. The van der Waals surface area contributed by atoms with Crippen LogP contribution in [0.25, 0.3) is 6.08 Å². The Bertz CT molecular complexity index is 452. The van der Waals surface area contributed by atoms with E-state index in [9.17, 15) is 5.11 Å². The monoisotopic (exact) mass is 211 g/mol. The zero-order chi connectivity index (χ0) is 9.26. The fourth-order valence-electron chi connectivity index (χ4n) is 0.895. The fraction of sp³-hybridized carbons (Fsp3) is 0. The van der Waals surface area contributed by atoms with Crippen LogP contribution < -0.4 is 0 Å². The van der Waals surface area contributed by atoms with Crippen molar-refractivity contribution < 1.29 is 5.11 Å². The van der Waals surface area contributed by atoms with E-state index in [0.29, 0.717) is 15.3 Å². The summed E-state index contributed by atoms with van der Waals surface area (Å²) in [6.45, 7) is 0. The molecule has 1 aliphatic heterocycles. The van der Waals surface area contributed by atoms with E-state index in [2.05, 4.69) is 15.0 Å². The summed E-state index contributed by atoms with van der Waals surface area (Å²) in [5.41, 5.74) is 1.27. The second-order valence-electron chi connectivity index (χ2n) is 2.33. The number of hydrogen-bond acceptors (Lipinski definition) is 5. The lowest BCUT2D eigenvalue weighted by Crippen LogP contribution is -1.77. The molecule has 0 unspecified atom stereocenters. The Morgan fingerprint density at radius 3 is 3.00 bits per heavy atom. The largest absolute Gasteiger partial charge is 0.498 e. The molecular weight excluding hydrogens is 206 g/mol. The fourth-order valence-corrected chi connectivity index (χ4v) is 1.80. The summed E-state index contributed by atoms with van der Waals surface area (Å²) < 4.78 is 0.545. The van der Waals surface area contributed by atoms with Gasteiger partial charge in [0, 0.05) is 0 Å². The van der Waals surface area contributed by atoms with Crippen LogP contribution in [0.5, 0.6) is 5.06 Å². The third-order valence-corrected chi connectivity index (χ3v) is 2.48. The first-order chi connectivity index (χ1) is 6.25. The van der Waals surface area contributed by atoms with E-state index in [4.69, 9.17) is 12.2 Å². The molecule has 2 rings (SSSR count). The van der Waals surface area contributed by atoms with Crippen LogP contribution in [0.1, 0.15) is 5.69 Å². The van der Waals surface area contributed by atoms with Gasteiger partial charge in [0.1, 0.15) is 6.34 Å². The average Bonchev–Trinajstić information content (AvgIpc) is 2.63. The van der Waals surface area contributed by atoms with Gasteiger partial charge in [0.05, 0.1) is 17.6 Å². The van der Waals surface area contributed by atoms with Gasteiger partial charge in [-0.2, -0.15) is 0 Å². The van der Waals surface area contributed by atoms with Gasteiger partial charge in [-0.3, -0.25) is 0 Å². The highest BCUT2D eigenvalue weighted by atomic mass is 32.1. The number of aromatic nitrogens is 1. The number of aliphatic imine (C=N–C) groups is 2. The minimum absolute atomic E-state index is 0.174. The number of nitrogens with one attached hydrogen (secondary N) is 1. The van der Waals surface area contributed by atoms with Gasteiger partial charge in [-0.1, -0.05) is 11.3 Å². The molecule has 0 atom stereocenters. The van der Waals surface area contributed by atoms with Crippen molar-refractivity contribution in [3.8, 4) is 5.06 Å². The normalized spacial score (nSPS) is 17.4. The first kappa shape index (κ1) is 8.33. The van der Waals surface area contributed by atoms with Crippen LogP contribution in [0.3, 0.4) is 0 Å². The molecular formula is C7H5N3OS2. The van der Waals surface area contributed by atoms with Crippen molar-refractivity contribution in [2.75, 3.05) is 0 Å². The van der Waals surface area contributed by atoms with Gasteiger partial charge in [0.25, 0.3) is 0 Å². The van der Waals surface area contributed by atoms with Gasteiger partial charge >= 0.3 is 0 Å². The van der Waals surface area contributed by atoms with Crippen molar-refractivity contribution >= 4 is 42.2 Å². The maximum Gasteiger partial charge on any atom is 0.198 e. The molecule has 0 saturated heterocycles. The van der Waals surface area contributed by atoms with Crippen molar-refractivity contribution in [1.29, 1.82) is 0 Å². The summed E-state index contributed by atoms with van der Waals surface area (Å²) >= 11 is 5.99. The number of rotatable bonds is 1. The lowest BCUT2D eigenvalue weighted by molar-refractivity contribution is 0.488. The summed E-state index contributed by atoms with van der Waals surface area (Å²) in [6, 6.07) is 0. The Morgan fingerprint density at radius 1 is 1.62 bits per heavy atom. The minimum Gasteiger partial charge on any atom is -0.498 e. The Kier molecular flexibility index (Phi) is 2.07. The Hall–Kier alpha value is -1.27. The highest BCUT2D eigenvalue weighted by Gasteiger charge is 2.03. The molecule has 1 aromatic heterocycles. The number of aromatic hydroxyl groups is 1. The summed E-state index contributed by atoms with van der Waals surface area (Å²) in [5.74, 6) is 0. The van der Waals surface area contributed by atoms with Gasteiger partial charge in [-0.05, 0) is 18.3 Å². The number of nitrogens with zero attached hydrogens (tertiary/aromatic N) is 2. The number of allylic oxidation sites excluding steroid dienone is 1. The molecule has 0 spiro atoms. The quantitative estimate of drug-likeness (QED) is 0.697. The molecule has 0 amide bonds. The van der Waals surface area contributed by atoms with E-state index < -0.39 is 0 Å². The molecule has 2 N–H and O–H groups in total. The second-order valence-corrected chi connectivity index (χ2v) is 3.99. The number of hydrogen-bond donors (Lipinski definition) is 2. The third-order valence-electron chi connectivity index (χ3n) is 1.43. The summed E-state index contributed by atoms with van der Waals surface area (Å²) in [6.07, 6.45) is 4.74. The van der Waals surface area contributed by atoms with Crippen LogP contribution in [0.4, 0.5) is 0 Å². The first-order valence-electron chi connectivity index (χ1n) is 3.45. The molecule has 6 heteroatoms. The molecule has 0 bridgehead atoms. The van der Waals surface area contributed by atoms with E-state index in [0.717, 1.165) is 11.3 Å². The lowest BCUT2D eigenvalue weighted by atomic mass is 10.3. The Labute approximate surface area is 83.0 Å². The summed E-state index contributed by atoms with van der Waals surface area (Å²) in [7, 11) is 0. The van der Waals surface area contributed by atoms with Crippen molar-refractivity contribution in [2.45, 2.75) is 0 Å². The SMILES string of the molecule is Oc1sc(=S)[nH]c1/C=C1/C=NC=N1. The van der Waals surface area contributed by atoms with Gasteiger partial charge in [0.2, 0.25) is 0 Å².